The molecule has 0 amide bonds. The first-order valence-electron chi connectivity index (χ1n) is 20.6. The lowest BCUT2D eigenvalue weighted by Gasteiger charge is -2.29. The van der Waals surface area contributed by atoms with E-state index >= 15 is 0 Å². The van der Waals surface area contributed by atoms with Crippen LogP contribution in [0.4, 0.5) is 17.1 Å². The first-order chi connectivity index (χ1) is 29.8. The van der Waals surface area contributed by atoms with Crippen molar-refractivity contribution in [3.8, 4) is 50.2 Å². The fraction of sp³-hybridized carbons (Fsp3) is 0. The van der Waals surface area contributed by atoms with E-state index in [0.29, 0.717) is 0 Å². The third-order valence-corrected chi connectivity index (χ3v) is 11.8. The van der Waals surface area contributed by atoms with Crippen molar-refractivity contribution in [2.45, 2.75) is 0 Å². The molecule has 0 radical (unpaired) electrons. The van der Waals surface area contributed by atoms with Crippen molar-refractivity contribution in [1.82, 2.24) is 4.57 Å². The molecule has 0 atom stereocenters. The van der Waals surface area contributed by atoms with E-state index in [1.807, 2.05) is 0 Å². The highest BCUT2D eigenvalue weighted by molar-refractivity contribution is 6.10. The van der Waals surface area contributed by atoms with E-state index < -0.39 is 0 Å². The monoisotopic (exact) mass is 764 g/mol. The van der Waals surface area contributed by atoms with Crippen molar-refractivity contribution in [3.63, 3.8) is 0 Å². The van der Waals surface area contributed by atoms with E-state index in [1.165, 1.54) is 71.5 Å². The van der Waals surface area contributed by atoms with Crippen molar-refractivity contribution in [2.75, 3.05) is 4.90 Å². The Morgan fingerprint density at radius 1 is 0.283 bits per heavy atom. The van der Waals surface area contributed by atoms with Crippen molar-refractivity contribution < 1.29 is 0 Å². The SMILES string of the molecule is c1ccc(-c2ccc(N(c3ccc(-c4ccccc4-n4c5ccccc5c5ccccc54)c(-c4cccc5ccccc45)c3)c3ccccc3-c3ccccc3)cc2)cc1. The standard InChI is InChI=1S/C58H40N2/c1-3-18-41(19-4-1)42-34-36-45(37-35-42)59(55-30-13-9-25-48(55)44-20-5-2-6-21-44)46-38-39-50(54(40-46)49-29-17-23-43-22-7-8-24-47(43)49)51-26-10-14-31-56(51)60-57-32-15-11-27-52(57)53-28-12-16-33-58(53)60/h1-40H. The van der Waals surface area contributed by atoms with E-state index in [4.69, 9.17) is 0 Å². The van der Waals surface area contributed by atoms with Gasteiger partial charge in [-0.15, -0.1) is 0 Å². The minimum absolute atomic E-state index is 1.08. The van der Waals surface area contributed by atoms with Gasteiger partial charge in [0.1, 0.15) is 0 Å². The van der Waals surface area contributed by atoms with Crippen molar-refractivity contribution in [1.29, 1.82) is 0 Å². The van der Waals surface area contributed by atoms with Crippen LogP contribution >= 0.6 is 0 Å². The van der Waals surface area contributed by atoms with Crippen LogP contribution in [0.2, 0.25) is 0 Å². The molecule has 2 heteroatoms. The number of benzene rings is 10. The normalized spacial score (nSPS) is 11.3. The van der Waals surface area contributed by atoms with Gasteiger partial charge in [0.2, 0.25) is 0 Å². The molecule has 11 rings (SSSR count). The Hall–Kier alpha value is -7.94. The van der Waals surface area contributed by atoms with Gasteiger partial charge in [0.15, 0.2) is 0 Å². The smallest absolute Gasteiger partial charge is 0.0541 e. The molecule has 0 unspecified atom stereocenters. The highest BCUT2D eigenvalue weighted by atomic mass is 15.1. The first-order valence-corrected chi connectivity index (χ1v) is 20.6. The third kappa shape index (κ3) is 6.14. The minimum atomic E-state index is 1.08. The summed E-state index contributed by atoms with van der Waals surface area (Å²) in [6, 6.07) is 88.0. The quantitative estimate of drug-likeness (QED) is 0.150. The van der Waals surface area contributed by atoms with E-state index in [9.17, 15) is 0 Å². The summed E-state index contributed by atoms with van der Waals surface area (Å²) in [6.07, 6.45) is 0. The summed E-state index contributed by atoms with van der Waals surface area (Å²) in [5, 5.41) is 4.93. The summed E-state index contributed by atoms with van der Waals surface area (Å²) in [5.41, 5.74) is 16.2. The second-order valence-electron chi connectivity index (χ2n) is 15.3. The topological polar surface area (TPSA) is 8.17 Å². The summed E-state index contributed by atoms with van der Waals surface area (Å²) in [4.78, 5) is 2.42. The van der Waals surface area contributed by atoms with Gasteiger partial charge in [-0.3, -0.25) is 0 Å². The maximum atomic E-state index is 2.44. The zero-order valence-electron chi connectivity index (χ0n) is 33.0. The van der Waals surface area contributed by atoms with Crippen LogP contribution in [0.1, 0.15) is 0 Å². The summed E-state index contributed by atoms with van der Waals surface area (Å²) in [7, 11) is 0. The van der Waals surface area contributed by atoms with Crippen molar-refractivity contribution in [2.24, 2.45) is 0 Å². The van der Waals surface area contributed by atoms with Crippen molar-refractivity contribution in [3.05, 3.63) is 243 Å². The predicted octanol–water partition coefficient (Wildman–Crippen LogP) is 16.1. The molecule has 0 aliphatic carbocycles. The summed E-state index contributed by atoms with van der Waals surface area (Å²) >= 11 is 0. The Kier molecular flexibility index (Phi) is 8.87. The molecule has 60 heavy (non-hydrogen) atoms. The fourth-order valence-corrected chi connectivity index (χ4v) is 9.06. The van der Waals surface area contributed by atoms with Crippen LogP contribution in [0, 0.1) is 0 Å². The molecule has 0 saturated carbocycles. The lowest BCUT2D eigenvalue weighted by Crippen LogP contribution is -2.11. The highest BCUT2D eigenvalue weighted by Crippen LogP contribution is 2.47. The van der Waals surface area contributed by atoms with Gasteiger partial charge in [0, 0.05) is 33.3 Å². The molecule has 1 heterocycles. The van der Waals surface area contributed by atoms with Gasteiger partial charge in [-0.2, -0.15) is 0 Å². The molecule has 10 aromatic carbocycles. The van der Waals surface area contributed by atoms with Crippen LogP contribution in [-0.2, 0) is 0 Å². The molecule has 0 saturated heterocycles. The number of nitrogens with zero attached hydrogens (tertiary/aromatic N) is 2. The average Bonchev–Trinajstić information content (AvgIpc) is 3.67. The number of hydrogen-bond donors (Lipinski definition) is 0. The van der Waals surface area contributed by atoms with Gasteiger partial charge in [-0.05, 0) is 92.7 Å². The van der Waals surface area contributed by atoms with Gasteiger partial charge >= 0.3 is 0 Å². The molecule has 0 N–H and O–H groups in total. The number of fused-ring (bicyclic) bond motifs is 4. The van der Waals surface area contributed by atoms with E-state index in [-0.39, 0.29) is 0 Å². The highest BCUT2D eigenvalue weighted by Gasteiger charge is 2.22. The largest absolute Gasteiger partial charge is 0.310 e. The van der Waals surface area contributed by atoms with Gasteiger partial charge in [0.25, 0.3) is 0 Å². The van der Waals surface area contributed by atoms with E-state index in [0.717, 1.165) is 28.3 Å². The van der Waals surface area contributed by atoms with Crippen LogP contribution in [0.25, 0.3) is 82.8 Å². The lowest BCUT2D eigenvalue weighted by molar-refractivity contribution is 1.18. The number of anilines is 3. The van der Waals surface area contributed by atoms with Crippen LogP contribution in [-0.4, -0.2) is 4.57 Å². The Bertz CT molecular complexity index is 3250. The summed E-state index contributed by atoms with van der Waals surface area (Å²) in [5.74, 6) is 0. The van der Waals surface area contributed by atoms with E-state index in [2.05, 4.69) is 252 Å². The molecule has 0 aliphatic rings. The molecule has 282 valence electrons. The number of hydrogen-bond acceptors (Lipinski definition) is 1. The van der Waals surface area contributed by atoms with Crippen molar-refractivity contribution >= 4 is 49.6 Å². The molecule has 2 nitrogen and oxygen atoms in total. The van der Waals surface area contributed by atoms with Crippen LogP contribution < -0.4 is 4.90 Å². The molecular weight excluding hydrogens is 725 g/mol. The molecule has 0 fully saturated rings. The van der Waals surface area contributed by atoms with Gasteiger partial charge in [-0.25, -0.2) is 0 Å². The summed E-state index contributed by atoms with van der Waals surface area (Å²) in [6.45, 7) is 0. The summed E-state index contributed by atoms with van der Waals surface area (Å²) < 4.78 is 2.44. The van der Waals surface area contributed by atoms with Crippen LogP contribution in [0.5, 0.6) is 0 Å². The Labute approximate surface area is 350 Å². The van der Waals surface area contributed by atoms with E-state index in [1.54, 1.807) is 0 Å². The molecule has 1 aromatic heterocycles. The first kappa shape index (κ1) is 35.2. The minimum Gasteiger partial charge on any atom is -0.310 e. The Balaban J connectivity index is 1.18. The Morgan fingerprint density at radius 2 is 0.800 bits per heavy atom. The second-order valence-corrected chi connectivity index (χ2v) is 15.3. The Morgan fingerprint density at radius 3 is 1.53 bits per heavy atom. The number of aromatic nitrogens is 1. The molecule has 11 aromatic rings. The molecule has 0 spiro atoms. The van der Waals surface area contributed by atoms with Crippen LogP contribution in [0.3, 0.4) is 0 Å². The number of rotatable bonds is 8. The second kappa shape index (κ2) is 15.1. The third-order valence-electron chi connectivity index (χ3n) is 11.8. The predicted molar refractivity (Wildman–Crippen MR) is 255 cm³/mol. The fourth-order valence-electron chi connectivity index (χ4n) is 9.06. The maximum absolute atomic E-state index is 2.44. The molecule has 0 aliphatic heterocycles. The lowest BCUT2D eigenvalue weighted by atomic mass is 9.89. The maximum Gasteiger partial charge on any atom is 0.0541 e. The zero-order valence-corrected chi connectivity index (χ0v) is 33.0. The molecular formula is C58H40N2. The number of para-hydroxylation sites is 4. The molecule has 0 bridgehead atoms. The van der Waals surface area contributed by atoms with Gasteiger partial charge in [0.05, 0.1) is 22.4 Å². The van der Waals surface area contributed by atoms with Gasteiger partial charge < -0.3 is 9.47 Å². The van der Waals surface area contributed by atoms with Crippen LogP contribution in [0.15, 0.2) is 243 Å². The average molecular weight is 765 g/mol. The zero-order chi connectivity index (χ0) is 39.8. The van der Waals surface area contributed by atoms with Gasteiger partial charge in [-0.1, -0.05) is 194 Å².